The number of aromatic nitrogens is 5. The number of phosphoric ester groups is 1. The molecule has 38 heavy (non-hydrogen) atoms. The fourth-order valence-electron chi connectivity index (χ4n) is 3.61. The summed E-state index contributed by atoms with van der Waals surface area (Å²) < 4.78 is 35.1. The summed E-state index contributed by atoms with van der Waals surface area (Å²) >= 11 is 0. The summed E-state index contributed by atoms with van der Waals surface area (Å²) in [5.74, 6) is -1.42. The largest absolute Gasteiger partial charge is 0.470 e. The zero-order valence-corrected chi connectivity index (χ0v) is 22.8. The van der Waals surface area contributed by atoms with E-state index >= 15 is 0 Å². The van der Waals surface area contributed by atoms with Gasteiger partial charge >= 0.3 is 19.8 Å². The molecule has 0 aliphatic carbocycles. The van der Waals surface area contributed by atoms with Gasteiger partial charge in [0.15, 0.2) is 28.8 Å². The topological polar surface area (TPSA) is 231 Å². The van der Waals surface area contributed by atoms with Gasteiger partial charge in [-0.2, -0.15) is 4.68 Å². The molecule has 2 aromatic heterocycles. The van der Waals surface area contributed by atoms with Crippen LogP contribution in [0.5, 0.6) is 0 Å². The Balaban J connectivity index is 2.02. The molecule has 0 aromatic carbocycles. The van der Waals surface area contributed by atoms with Crippen molar-refractivity contribution in [1.29, 1.82) is 0 Å². The zero-order valence-electron chi connectivity index (χ0n) is 21.9. The Hall–Kier alpha value is -2.75. The maximum absolute atomic E-state index is 12.6. The van der Waals surface area contributed by atoms with Crippen LogP contribution in [0.3, 0.4) is 0 Å². The molecule has 212 valence electrons. The molecule has 1 fully saturated rings. The molecule has 1 aliphatic rings. The summed E-state index contributed by atoms with van der Waals surface area (Å²) in [6.07, 6.45) is -3.07. The maximum Gasteiger partial charge on any atom is 0.470 e. The fourth-order valence-corrected chi connectivity index (χ4v) is 4.29. The Labute approximate surface area is 218 Å². The number of carbonyl (C=O) groups excluding carboxylic acids is 2. The fraction of sp³-hybridized carbons (Fsp3) is 0.714. The number of ether oxygens (including phenoxy) is 3. The highest BCUT2D eigenvalue weighted by atomic mass is 31.2. The normalized spacial score (nSPS) is 21.0. The summed E-state index contributed by atoms with van der Waals surface area (Å²) in [6.45, 7) is 7.77. The molecule has 1 aliphatic heterocycles. The number of hydrogen-bond acceptors (Lipinski definition) is 13. The van der Waals surface area contributed by atoms with E-state index in [1.807, 2.05) is 0 Å². The molecule has 3 atom stereocenters. The highest BCUT2D eigenvalue weighted by Crippen LogP contribution is 2.47. The molecule has 0 bridgehead atoms. The van der Waals surface area contributed by atoms with E-state index in [2.05, 4.69) is 20.3 Å². The van der Waals surface area contributed by atoms with Gasteiger partial charge in [-0.25, -0.2) is 14.5 Å². The van der Waals surface area contributed by atoms with Crippen LogP contribution in [0.1, 0.15) is 54.2 Å². The first kappa shape index (κ1) is 29.8. The summed E-state index contributed by atoms with van der Waals surface area (Å²) in [5, 5.41) is 18.9. The smallest absolute Gasteiger partial charge is 0.462 e. The third-order valence-electron chi connectivity index (χ3n) is 5.60. The number of aliphatic hydroxyl groups is 1. The van der Waals surface area contributed by atoms with Crippen LogP contribution in [-0.2, 0) is 32.9 Å². The van der Waals surface area contributed by atoms with Gasteiger partial charge in [0.2, 0.25) is 0 Å². The third-order valence-corrected chi connectivity index (χ3v) is 6.20. The van der Waals surface area contributed by atoms with Crippen molar-refractivity contribution in [3.05, 3.63) is 6.33 Å². The summed E-state index contributed by atoms with van der Waals surface area (Å²) in [7, 11) is -5.34. The standard InChI is InChI=1S/C21H33N6O10P/c1-19(2,3)17(29)34-8-21(37-38(31,32)33,9-35-18(30)20(4,5)6)14-11(28)7-12(36-14)27-16-13(25-26-27)15(22)23-10-24-16/h10-12,14,28H,7-9H2,1-6H3,(H2,22,23,24)(H2,31,32,33)/t11-,12+,14-/m0/s1. The molecule has 3 heterocycles. The predicted molar refractivity (Wildman–Crippen MR) is 129 cm³/mol. The van der Waals surface area contributed by atoms with Crippen LogP contribution < -0.4 is 5.73 Å². The maximum atomic E-state index is 12.6. The molecule has 0 radical (unpaired) electrons. The number of rotatable bonds is 8. The van der Waals surface area contributed by atoms with E-state index in [9.17, 15) is 29.0 Å². The Kier molecular flexibility index (Phi) is 8.18. The lowest BCUT2D eigenvalue weighted by molar-refractivity contribution is -0.198. The zero-order chi connectivity index (χ0) is 28.7. The molecule has 3 rings (SSSR count). The van der Waals surface area contributed by atoms with Gasteiger partial charge in [-0.1, -0.05) is 5.21 Å². The minimum Gasteiger partial charge on any atom is -0.462 e. The molecule has 5 N–H and O–H groups in total. The van der Waals surface area contributed by atoms with Crippen molar-refractivity contribution in [2.24, 2.45) is 10.8 Å². The minimum atomic E-state index is -5.34. The molecule has 0 amide bonds. The van der Waals surface area contributed by atoms with Crippen molar-refractivity contribution < 1.29 is 47.8 Å². The van der Waals surface area contributed by atoms with Crippen LogP contribution in [-0.4, -0.2) is 82.8 Å². The van der Waals surface area contributed by atoms with Crippen molar-refractivity contribution in [3.63, 3.8) is 0 Å². The molecular weight excluding hydrogens is 527 g/mol. The van der Waals surface area contributed by atoms with Crippen LogP contribution in [0.4, 0.5) is 5.82 Å². The van der Waals surface area contributed by atoms with Gasteiger partial charge in [-0.15, -0.1) is 5.10 Å². The van der Waals surface area contributed by atoms with E-state index in [4.69, 9.17) is 24.5 Å². The lowest BCUT2D eigenvalue weighted by atomic mass is 9.92. The van der Waals surface area contributed by atoms with Crippen molar-refractivity contribution >= 4 is 36.7 Å². The summed E-state index contributed by atoms with van der Waals surface area (Å²) in [4.78, 5) is 52.6. The van der Waals surface area contributed by atoms with Gasteiger partial charge in [0.25, 0.3) is 0 Å². The average Bonchev–Trinajstić information content (AvgIpc) is 3.37. The Morgan fingerprint density at radius 3 is 2.16 bits per heavy atom. The van der Waals surface area contributed by atoms with Crippen molar-refractivity contribution in [2.75, 3.05) is 18.9 Å². The van der Waals surface area contributed by atoms with Gasteiger partial charge in [0, 0.05) is 6.42 Å². The van der Waals surface area contributed by atoms with E-state index in [1.165, 1.54) is 11.0 Å². The lowest BCUT2D eigenvalue weighted by Gasteiger charge is -2.39. The molecule has 0 saturated carbocycles. The van der Waals surface area contributed by atoms with Crippen LogP contribution in [0.25, 0.3) is 11.2 Å². The highest BCUT2D eigenvalue weighted by Gasteiger charge is 2.56. The lowest BCUT2D eigenvalue weighted by Crippen LogP contribution is -2.57. The number of carbonyl (C=O) groups is 2. The predicted octanol–water partition coefficient (Wildman–Crippen LogP) is 0.479. The number of fused-ring (bicyclic) bond motifs is 1. The van der Waals surface area contributed by atoms with Gasteiger partial charge in [0.1, 0.15) is 25.6 Å². The van der Waals surface area contributed by atoms with Crippen LogP contribution in [0, 0.1) is 10.8 Å². The van der Waals surface area contributed by atoms with Crippen LogP contribution in [0.15, 0.2) is 6.33 Å². The van der Waals surface area contributed by atoms with E-state index in [0.29, 0.717) is 0 Å². The van der Waals surface area contributed by atoms with Crippen molar-refractivity contribution in [1.82, 2.24) is 25.0 Å². The number of nitrogen functional groups attached to an aromatic ring is 1. The van der Waals surface area contributed by atoms with E-state index in [1.54, 1.807) is 41.5 Å². The minimum absolute atomic E-state index is 0.0544. The molecule has 1 saturated heterocycles. The Morgan fingerprint density at radius 1 is 1.11 bits per heavy atom. The van der Waals surface area contributed by atoms with Crippen molar-refractivity contribution in [2.45, 2.75) is 72.0 Å². The van der Waals surface area contributed by atoms with E-state index in [0.717, 1.165) is 0 Å². The second-order valence-corrected chi connectivity index (χ2v) is 12.2. The summed E-state index contributed by atoms with van der Waals surface area (Å²) in [5.41, 5.74) is 1.85. The van der Waals surface area contributed by atoms with Gasteiger partial charge in [-0.05, 0) is 41.5 Å². The van der Waals surface area contributed by atoms with Gasteiger partial charge in [-0.3, -0.25) is 14.1 Å². The second kappa shape index (κ2) is 10.4. The second-order valence-electron chi connectivity index (χ2n) is 11.1. The third kappa shape index (κ3) is 6.62. The molecule has 0 unspecified atom stereocenters. The molecular formula is C21H33N6O10P. The monoisotopic (exact) mass is 560 g/mol. The number of nitrogens with zero attached hydrogens (tertiary/aromatic N) is 5. The first-order valence-corrected chi connectivity index (χ1v) is 13.1. The number of nitrogens with two attached hydrogens (primary N) is 1. The SMILES string of the molecule is CC(C)(C)C(=O)OCC(COC(=O)C(C)(C)C)(OP(=O)(O)O)[C@H]1O[C@@H](n2nnc3c(N)ncnc32)C[C@@H]1O. The van der Waals surface area contributed by atoms with Crippen LogP contribution in [0.2, 0.25) is 0 Å². The molecule has 2 aromatic rings. The number of aliphatic hydroxyl groups excluding tert-OH is 1. The van der Waals surface area contributed by atoms with Crippen LogP contribution >= 0.6 is 7.82 Å². The van der Waals surface area contributed by atoms with Crippen molar-refractivity contribution in [3.8, 4) is 0 Å². The average molecular weight is 561 g/mol. The number of hydrogen-bond donors (Lipinski definition) is 4. The Morgan fingerprint density at radius 2 is 1.66 bits per heavy atom. The molecule has 17 heteroatoms. The molecule has 16 nitrogen and oxygen atoms in total. The summed E-state index contributed by atoms with van der Waals surface area (Å²) in [6, 6.07) is 0. The number of anilines is 1. The number of esters is 2. The molecule has 0 spiro atoms. The quantitative estimate of drug-likeness (QED) is 0.254. The van der Waals surface area contributed by atoms with E-state index < -0.39 is 67.8 Å². The van der Waals surface area contributed by atoms with E-state index in [-0.39, 0.29) is 23.4 Å². The van der Waals surface area contributed by atoms with Gasteiger partial charge in [0.05, 0.1) is 16.9 Å². The Bertz CT molecular complexity index is 1200. The van der Waals surface area contributed by atoms with Gasteiger partial charge < -0.3 is 34.8 Å². The number of phosphoric acid groups is 1. The first-order valence-electron chi connectivity index (χ1n) is 11.6. The first-order chi connectivity index (χ1) is 17.3. The highest BCUT2D eigenvalue weighted by molar-refractivity contribution is 7.46.